The molecule has 0 amide bonds. The summed E-state index contributed by atoms with van der Waals surface area (Å²) in [5.74, 6) is 0.932. The van der Waals surface area contributed by atoms with E-state index in [-0.39, 0.29) is 0 Å². The van der Waals surface area contributed by atoms with Crippen molar-refractivity contribution in [1.82, 2.24) is 4.57 Å². The maximum Gasteiger partial charge on any atom is 0.128 e. The largest absolute Gasteiger partial charge is 0.487 e. The van der Waals surface area contributed by atoms with E-state index >= 15 is 0 Å². The number of rotatable bonds is 4. The van der Waals surface area contributed by atoms with Gasteiger partial charge in [0, 0.05) is 16.5 Å². The van der Waals surface area contributed by atoms with E-state index in [1.807, 2.05) is 30.3 Å². The van der Waals surface area contributed by atoms with Crippen molar-refractivity contribution in [3.05, 3.63) is 64.8 Å². The van der Waals surface area contributed by atoms with Crippen molar-refractivity contribution in [2.45, 2.75) is 33.4 Å². The molecule has 114 valence electrons. The van der Waals surface area contributed by atoms with Gasteiger partial charge in [0.2, 0.25) is 0 Å². The number of ether oxygens (including phenoxy) is 1. The van der Waals surface area contributed by atoms with Crippen LogP contribution in [0.3, 0.4) is 0 Å². The molecule has 3 aromatic rings. The first kappa shape index (κ1) is 15.0. The Kier molecular flexibility index (Phi) is 4.12. The third-order valence-electron chi connectivity index (χ3n) is 3.87. The number of hydrogen-bond donors (Lipinski definition) is 0. The van der Waals surface area contributed by atoms with E-state index in [1.165, 1.54) is 5.39 Å². The van der Waals surface area contributed by atoms with Crippen molar-refractivity contribution in [1.29, 1.82) is 0 Å². The summed E-state index contributed by atoms with van der Waals surface area (Å²) in [5, 5.41) is 1.96. The Labute approximate surface area is 136 Å². The Hall–Kier alpha value is -1.93. The van der Waals surface area contributed by atoms with Crippen LogP contribution >= 0.6 is 11.6 Å². The van der Waals surface area contributed by atoms with E-state index in [4.69, 9.17) is 16.3 Å². The monoisotopic (exact) mass is 313 g/mol. The van der Waals surface area contributed by atoms with Gasteiger partial charge >= 0.3 is 0 Å². The van der Waals surface area contributed by atoms with Crippen molar-refractivity contribution in [3.8, 4) is 5.75 Å². The van der Waals surface area contributed by atoms with Gasteiger partial charge in [-0.05, 0) is 50.6 Å². The first-order chi connectivity index (χ1) is 10.6. The molecule has 0 atom stereocenters. The van der Waals surface area contributed by atoms with Gasteiger partial charge in [-0.3, -0.25) is 0 Å². The van der Waals surface area contributed by atoms with Gasteiger partial charge in [-0.2, -0.15) is 0 Å². The lowest BCUT2D eigenvalue weighted by Gasteiger charge is -2.16. The van der Waals surface area contributed by atoms with Crippen molar-refractivity contribution < 1.29 is 4.74 Å². The summed E-state index contributed by atoms with van der Waals surface area (Å²) in [6, 6.07) is 16.6. The van der Waals surface area contributed by atoms with Gasteiger partial charge in [-0.25, -0.2) is 0 Å². The Balaban J connectivity index is 1.96. The molecule has 2 nitrogen and oxygen atoms in total. The molecule has 0 fully saturated rings. The van der Waals surface area contributed by atoms with E-state index in [0.717, 1.165) is 27.5 Å². The number of halogens is 1. The molecule has 1 heterocycles. The minimum atomic E-state index is 0.353. The molecule has 0 N–H and O–H groups in total. The normalized spacial score (nSPS) is 11.3. The molecule has 22 heavy (non-hydrogen) atoms. The molecule has 0 saturated heterocycles. The first-order valence-electron chi connectivity index (χ1n) is 7.54. The van der Waals surface area contributed by atoms with Crippen molar-refractivity contribution in [3.63, 3.8) is 0 Å². The zero-order valence-electron chi connectivity index (χ0n) is 13.1. The van der Waals surface area contributed by atoms with Crippen LogP contribution in [-0.4, -0.2) is 4.57 Å². The summed E-state index contributed by atoms with van der Waals surface area (Å²) in [4.78, 5) is 0. The van der Waals surface area contributed by atoms with Crippen LogP contribution in [0.1, 0.15) is 31.1 Å². The summed E-state index contributed by atoms with van der Waals surface area (Å²) in [6.07, 6.45) is 0. The predicted octanol–water partition coefficient (Wildman–Crippen LogP) is 5.76. The smallest absolute Gasteiger partial charge is 0.128 e. The van der Waals surface area contributed by atoms with Gasteiger partial charge in [0.1, 0.15) is 12.4 Å². The Morgan fingerprint density at radius 3 is 2.59 bits per heavy atom. The van der Waals surface area contributed by atoms with E-state index in [9.17, 15) is 0 Å². The summed E-state index contributed by atoms with van der Waals surface area (Å²) >= 11 is 6.15. The molecule has 0 aliphatic carbocycles. The lowest BCUT2D eigenvalue weighted by atomic mass is 10.2. The van der Waals surface area contributed by atoms with E-state index in [0.29, 0.717) is 12.6 Å². The van der Waals surface area contributed by atoms with E-state index in [2.05, 4.69) is 43.5 Å². The second-order valence-electron chi connectivity index (χ2n) is 5.86. The molecule has 0 unspecified atom stereocenters. The lowest BCUT2D eigenvalue weighted by Crippen LogP contribution is -2.08. The zero-order chi connectivity index (χ0) is 15.7. The second-order valence-corrected chi connectivity index (χ2v) is 6.29. The fourth-order valence-corrected chi connectivity index (χ4v) is 3.01. The Morgan fingerprint density at radius 2 is 1.86 bits per heavy atom. The average molecular weight is 314 g/mol. The minimum absolute atomic E-state index is 0.353. The third kappa shape index (κ3) is 2.84. The highest BCUT2D eigenvalue weighted by Gasteiger charge is 2.12. The molecular formula is C19H20ClNO. The van der Waals surface area contributed by atoms with Crippen LogP contribution in [0.4, 0.5) is 0 Å². The van der Waals surface area contributed by atoms with Crippen LogP contribution in [-0.2, 0) is 6.61 Å². The number of hydrogen-bond acceptors (Lipinski definition) is 1. The fraction of sp³-hybridized carbons (Fsp3) is 0.263. The number of benzene rings is 2. The summed E-state index contributed by atoms with van der Waals surface area (Å²) in [5.41, 5.74) is 3.47. The first-order valence-corrected chi connectivity index (χ1v) is 7.92. The maximum absolute atomic E-state index is 6.15. The molecule has 3 rings (SSSR count). The molecule has 1 aromatic heterocycles. The van der Waals surface area contributed by atoms with Crippen LogP contribution in [0.2, 0.25) is 5.02 Å². The number of aryl methyl sites for hydroxylation is 1. The highest BCUT2D eigenvalue weighted by Crippen LogP contribution is 2.28. The molecule has 0 aliphatic heterocycles. The van der Waals surface area contributed by atoms with E-state index < -0.39 is 0 Å². The second kappa shape index (κ2) is 6.05. The van der Waals surface area contributed by atoms with Gasteiger partial charge in [0.05, 0.1) is 11.2 Å². The van der Waals surface area contributed by atoms with Crippen molar-refractivity contribution in [2.75, 3.05) is 0 Å². The molecule has 0 radical (unpaired) electrons. The molecule has 0 saturated carbocycles. The average Bonchev–Trinajstić information content (AvgIpc) is 2.84. The maximum atomic E-state index is 6.15. The lowest BCUT2D eigenvalue weighted by molar-refractivity contribution is 0.291. The van der Waals surface area contributed by atoms with Crippen LogP contribution in [0, 0.1) is 6.92 Å². The van der Waals surface area contributed by atoms with E-state index in [1.54, 1.807) is 0 Å². The molecule has 0 bridgehead atoms. The molecule has 0 spiro atoms. The van der Waals surface area contributed by atoms with Crippen LogP contribution < -0.4 is 4.74 Å². The standard InChI is InChI=1S/C19H20ClNO/c1-13(2)21-17(10-15-8-9-16(20)11-18(15)21)12-22-19-7-5-4-6-14(19)3/h4-11,13H,12H2,1-3H3. The van der Waals surface area contributed by atoms with Crippen LogP contribution in [0.15, 0.2) is 48.5 Å². The SMILES string of the molecule is Cc1ccccc1OCc1cc2ccc(Cl)cc2n1C(C)C. The highest BCUT2D eigenvalue weighted by atomic mass is 35.5. The highest BCUT2D eigenvalue weighted by molar-refractivity contribution is 6.31. The Morgan fingerprint density at radius 1 is 1.09 bits per heavy atom. The topological polar surface area (TPSA) is 14.2 Å². The van der Waals surface area contributed by atoms with Crippen LogP contribution in [0.5, 0.6) is 5.75 Å². The summed E-state index contributed by atoms with van der Waals surface area (Å²) in [7, 11) is 0. The quantitative estimate of drug-likeness (QED) is 0.597. The molecule has 3 heteroatoms. The third-order valence-corrected chi connectivity index (χ3v) is 4.10. The Bertz CT molecular complexity index is 804. The van der Waals surface area contributed by atoms with Crippen molar-refractivity contribution in [2.24, 2.45) is 0 Å². The van der Waals surface area contributed by atoms with Gasteiger partial charge in [0.15, 0.2) is 0 Å². The molecule has 2 aromatic carbocycles. The number of para-hydroxylation sites is 1. The van der Waals surface area contributed by atoms with Crippen molar-refractivity contribution >= 4 is 22.5 Å². The minimum Gasteiger partial charge on any atom is -0.487 e. The molecular weight excluding hydrogens is 294 g/mol. The molecule has 0 aliphatic rings. The fourth-order valence-electron chi connectivity index (χ4n) is 2.84. The van der Waals surface area contributed by atoms with Gasteiger partial charge < -0.3 is 9.30 Å². The predicted molar refractivity (Wildman–Crippen MR) is 92.8 cm³/mol. The zero-order valence-corrected chi connectivity index (χ0v) is 13.9. The van der Waals surface area contributed by atoms with Crippen LogP contribution in [0.25, 0.3) is 10.9 Å². The van der Waals surface area contributed by atoms with Gasteiger partial charge in [-0.1, -0.05) is 35.9 Å². The summed E-state index contributed by atoms with van der Waals surface area (Å²) in [6.45, 7) is 6.97. The van der Waals surface area contributed by atoms with Gasteiger partial charge in [0.25, 0.3) is 0 Å². The number of nitrogens with zero attached hydrogens (tertiary/aromatic N) is 1. The number of fused-ring (bicyclic) bond motifs is 1. The summed E-state index contributed by atoms with van der Waals surface area (Å²) < 4.78 is 8.31. The number of aromatic nitrogens is 1. The van der Waals surface area contributed by atoms with Gasteiger partial charge in [-0.15, -0.1) is 0 Å².